The third-order valence-corrected chi connectivity index (χ3v) is 5.04. The lowest BCUT2D eigenvalue weighted by Crippen LogP contribution is -2.42. The highest BCUT2D eigenvalue weighted by atomic mass is 16.6. The molecule has 1 heterocycles. The molecule has 1 aliphatic heterocycles. The van der Waals surface area contributed by atoms with Gasteiger partial charge in [0.2, 0.25) is 5.91 Å². The Kier molecular flexibility index (Phi) is 7.71. The molecular formula is C23H34N2O4. The van der Waals surface area contributed by atoms with Crippen molar-refractivity contribution in [1.82, 2.24) is 9.80 Å². The average Bonchev–Trinajstić information content (AvgIpc) is 2.67. The van der Waals surface area contributed by atoms with Crippen LogP contribution in [0, 0.1) is 5.92 Å². The van der Waals surface area contributed by atoms with E-state index in [1.807, 2.05) is 56.9 Å². The van der Waals surface area contributed by atoms with Crippen LogP contribution in [0.4, 0.5) is 4.79 Å². The van der Waals surface area contributed by atoms with E-state index in [-0.39, 0.29) is 12.0 Å². The van der Waals surface area contributed by atoms with Crippen LogP contribution >= 0.6 is 0 Å². The number of piperidine rings is 1. The molecule has 1 saturated heterocycles. The molecule has 0 atom stereocenters. The van der Waals surface area contributed by atoms with Crippen LogP contribution in [0.25, 0.3) is 5.57 Å². The van der Waals surface area contributed by atoms with Crippen molar-refractivity contribution in [3.8, 4) is 5.75 Å². The minimum Gasteiger partial charge on any atom is -0.496 e. The molecule has 1 aliphatic rings. The Morgan fingerprint density at radius 1 is 1.21 bits per heavy atom. The van der Waals surface area contributed by atoms with Gasteiger partial charge in [0, 0.05) is 38.3 Å². The van der Waals surface area contributed by atoms with E-state index in [9.17, 15) is 9.59 Å². The summed E-state index contributed by atoms with van der Waals surface area (Å²) in [6.45, 7) is 9.56. The summed E-state index contributed by atoms with van der Waals surface area (Å²) >= 11 is 0. The molecule has 2 amide bonds. The number of benzene rings is 1. The molecule has 0 aromatic heterocycles. The Morgan fingerprint density at radius 2 is 1.83 bits per heavy atom. The minimum atomic E-state index is -0.493. The highest BCUT2D eigenvalue weighted by Gasteiger charge is 2.26. The predicted octanol–water partition coefficient (Wildman–Crippen LogP) is 4.20. The van der Waals surface area contributed by atoms with Crippen molar-refractivity contribution in [2.45, 2.75) is 46.1 Å². The van der Waals surface area contributed by atoms with Crippen molar-refractivity contribution < 1.29 is 19.1 Å². The topological polar surface area (TPSA) is 59.1 Å². The summed E-state index contributed by atoms with van der Waals surface area (Å²) in [5.41, 5.74) is 1.32. The van der Waals surface area contributed by atoms with E-state index in [1.165, 1.54) is 0 Å². The maximum Gasteiger partial charge on any atom is 0.410 e. The van der Waals surface area contributed by atoms with Crippen molar-refractivity contribution in [1.29, 1.82) is 0 Å². The number of likely N-dealkylation sites (tertiary alicyclic amines) is 1. The first-order valence-corrected chi connectivity index (χ1v) is 10.2. The summed E-state index contributed by atoms with van der Waals surface area (Å²) in [6.07, 6.45) is 3.14. The highest BCUT2D eigenvalue weighted by molar-refractivity contribution is 5.95. The molecule has 6 heteroatoms. The lowest BCUT2D eigenvalue weighted by atomic mass is 9.96. The minimum absolute atomic E-state index is 0.0207. The van der Waals surface area contributed by atoms with Gasteiger partial charge in [0.25, 0.3) is 0 Å². The van der Waals surface area contributed by atoms with Crippen LogP contribution in [0.2, 0.25) is 0 Å². The van der Waals surface area contributed by atoms with Gasteiger partial charge in [-0.05, 0) is 58.1 Å². The number of hydrogen-bond donors (Lipinski definition) is 0. The van der Waals surface area contributed by atoms with Gasteiger partial charge in [0.15, 0.2) is 0 Å². The SMILES string of the molecule is COc1ccccc1C(C)=CC(=O)N1CCC(CN(C)C(=O)OC(C)(C)C)CC1. The highest BCUT2D eigenvalue weighted by Crippen LogP contribution is 2.26. The first kappa shape index (κ1) is 22.8. The lowest BCUT2D eigenvalue weighted by molar-refractivity contribution is -0.127. The summed E-state index contributed by atoms with van der Waals surface area (Å²) in [4.78, 5) is 28.3. The van der Waals surface area contributed by atoms with Gasteiger partial charge in [-0.3, -0.25) is 4.79 Å². The maximum absolute atomic E-state index is 12.7. The number of methoxy groups -OCH3 is 1. The Hall–Kier alpha value is -2.50. The second kappa shape index (κ2) is 9.81. The van der Waals surface area contributed by atoms with Crippen LogP contribution in [0.15, 0.2) is 30.3 Å². The standard InChI is InChI=1S/C23H34N2O4/c1-17(19-9-7-8-10-20(19)28-6)15-21(26)25-13-11-18(12-14-25)16-24(5)22(27)29-23(2,3)4/h7-10,15,18H,11-14,16H2,1-6H3. The fourth-order valence-electron chi connectivity index (χ4n) is 3.46. The van der Waals surface area contributed by atoms with Crippen LogP contribution in [0.3, 0.4) is 0 Å². The summed E-state index contributed by atoms with van der Waals surface area (Å²) in [5.74, 6) is 1.15. The first-order valence-electron chi connectivity index (χ1n) is 10.2. The molecule has 6 nitrogen and oxygen atoms in total. The van der Waals surface area contributed by atoms with Gasteiger partial charge in [-0.2, -0.15) is 0 Å². The monoisotopic (exact) mass is 402 g/mol. The fraction of sp³-hybridized carbons (Fsp3) is 0.565. The second-order valence-electron chi connectivity index (χ2n) is 8.66. The molecule has 1 fully saturated rings. The summed E-state index contributed by atoms with van der Waals surface area (Å²) in [7, 11) is 3.40. The molecule has 1 aromatic carbocycles. The quantitative estimate of drug-likeness (QED) is 0.693. The molecule has 0 saturated carbocycles. The molecule has 160 valence electrons. The van der Waals surface area contributed by atoms with Gasteiger partial charge in [0.1, 0.15) is 11.4 Å². The number of carbonyl (C=O) groups is 2. The van der Waals surface area contributed by atoms with Crippen molar-refractivity contribution in [3.05, 3.63) is 35.9 Å². The van der Waals surface area contributed by atoms with Crippen LogP contribution in [-0.4, -0.2) is 61.2 Å². The number of nitrogens with zero attached hydrogens (tertiary/aromatic N) is 2. The number of rotatable bonds is 5. The maximum atomic E-state index is 12.7. The van der Waals surface area contributed by atoms with Crippen LogP contribution < -0.4 is 4.74 Å². The number of amides is 2. The summed E-state index contributed by atoms with van der Waals surface area (Å²) in [6, 6.07) is 7.70. The number of ether oxygens (including phenoxy) is 2. The predicted molar refractivity (Wildman–Crippen MR) is 115 cm³/mol. The van der Waals surface area contributed by atoms with Gasteiger partial charge >= 0.3 is 6.09 Å². The first-order chi connectivity index (χ1) is 13.6. The van der Waals surface area contributed by atoms with Crippen molar-refractivity contribution >= 4 is 17.6 Å². The fourth-order valence-corrected chi connectivity index (χ4v) is 3.46. The van der Waals surface area contributed by atoms with E-state index < -0.39 is 5.60 Å². The van der Waals surface area contributed by atoms with Gasteiger partial charge in [-0.1, -0.05) is 18.2 Å². The number of para-hydroxylation sites is 1. The van der Waals surface area contributed by atoms with Gasteiger partial charge < -0.3 is 19.3 Å². The smallest absolute Gasteiger partial charge is 0.410 e. The normalized spacial score (nSPS) is 15.8. The van der Waals surface area contributed by atoms with E-state index >= 15 is 0 Å². The Morgan fingerprint density at radius 3 is 2.41 bits per heavy atom. The third-order valence-electron chi connectivity index (χ3n) is 5.04. The van der Waals surface area contributed by atoms with E-state index in [2.05, 4.69) is 0 Å². The molecule has 0 spiro atoms. The molecule has 0 N–H and O–H groups in total. The van der Waals surface area contributed by atoms with Gasteiger partial charge in [-0.15, -0.1) is 0 Å². The molecule has 2 rings (SSSR count). The van der Waals surface area contributed by atoms with E-state index in [4.69, 9.17) is 9.47 Å². The van der Waals surface area contributed by atoms with Crippen LogP contribution in [0.1, 0.15) is 46.1 Å². The molecule has 29 heavy (non-hydrogen) atoms. The van der Waals surface area contributed by atoms with E-state index in [0.29, 0.717) is 25.6 Å². The average molecular weight is 403 g/mol. The molecule has 0 bridgehead atoms. The largest absolute Gasteiger partial charge is 0.496 e. The van der Waals surface area contributed by atoms with Crippen molar-refractivity contribution in [2.75, 3.05) is 33.8 Å². The van der Waals surface area contributed by atoms with E-state index in [1.54, 1.807) is 25.1 Å². The lowest BCUT2D eigenvalue weighted by Gasteiger charge is -2.34. The van der Waals surface area contributed by atoms with Crippen LogP contribution in [-0.2, 0) is 9.53 Å². The van der Waals surface area contributed by atoms with Crippen LogP contribution in [0.5, 0.6) is 5.75 Å². The van der Waals surface area contributed by atoms with Gasteiger partial charge in [0.05, 0.1) is 7.11 Å². The number of carbonyl (C=O) groups excluding carboxylic acids is 2. The Balaban J connectivity index is 1.88. The van der Waals surface area contributed by atoms with Gasteiger partial charge in [-0.25, -0.2) is 4.79 Å². The molecular weight excluding hydrogens is 368 g/mol. The summed E-state index contributed by atoms with van der Waals surface area (Å²) in [5, 5.41) is 0. The number of allylic oxidation sites excluding steroid dienone is 1. The zero-order valence-corrected chi connectivity index (χ0v) is 18.5. The second-order valence-corrected chi connectivity index (χ2v) is 8.66. The van der Waals surface area contributed by atoms with Crippen molar-refractivity contribution in [3.63, 3.8) is 0 Å². The third kappa shape index (κ3) is 6.80. The zero-order valence-electron chi connectivity index (χ0n) is 18.5. The Labute approximate surface area is 174 Å². The molecule has 0 radical (unpaired) electrons. The Bertz CT molecular complexity index is 743. The zero-order chi connectivity index (χ0) is 21.6. The van der Waals surface area contributed by atoms with Crippen molar-refractivity contribution in [2.24, 2.45) is 5.92 Å². The van der Waals surface area contributed by atoms with E-state index in [0.717, 1.165) is 29.7 Å². The molecule has 0 unspecified atom stereocenters. The molecule has 0 aliphatic carbocycles. The summed E-state index contributed by atoms with van der Waals surface area (Å²) < 4.78 is 10.8. The number of hydrogen-bond acceptors (Lipinski definition) is 4. The molecule has 1 aromatic rings.